The fourth-order valence-corrected chi connectivity index (χ4v) is 0.630. The summed E-state index contributed by atoms with van der Waals surface area (Å²) in [6, 6.07) is 0. The lowest BCUT2D eigenvalue weighted by molar-refractivity contribution is -0.460. The quantitative estimate of drug-likeness (QED) is 0.228. The zero-order chi connectivity index (χ0) is 7.98. The van der Waals surface area contributed by atoms with Crippen LogP contribution >= 0.6 is 11.6 Å². The maximum absolute atomic E-state index is 5.54. The topological polar surface area (TPSA) is 12.2 Å². The summed E-state index contributed by atoms with van der Waals surface area (Å²) in [6.45, 7) is 2.51. The predicted molar refractivity (Wildman–Crippen MR) is 44.1 cm³/mol. The molecule has 0 aromatic carbocycles. The molecule has 68 valence electrons. The second-order valence-corrected chi connectivity index (χ2v) is 2.96. The largest absolute Gasteiger partial charge is 1.00 e. The van der Waals surface area contributed by atoms with Crippen LogP contribution in [0.15, 0.2) is 0 Å². The first kappa shape index (κ1) is 13.8. The molecule has 0 aliphatic carbocycles. The Labute approximate surface area is 79.6 Å². The molecule has 0 N–H and O–H groups in total. The molecule has 0 aliphatic heterocycles. The number of nitrogens with zero attached hydrogens (tertiary/aromatic N) is 1. The molecule has 0 aromatic heterocycles. The average molecular weight is 200 g/mol. The SMILES string of the molecule is CC(Cl)OCCC=[N+](C)C.[Cl-]. The molecule has 1 unspecified atom stereocenters. The van der Waals surface area contributed by atoms with Crippen LogP contribution in [0.25, 0.3) is 0 Å². The van der Waals surface area contributed by atoms with E-state index in [-0.39, 0.29) is 18.0 Å². The van der Waals surface area contributed by atoms with Gasteiger partial charge in [0.05, 0.1) is 6.61 Å². The molecule has 0 saturated carbocycles. The summed E-state index contributed by atoms with van der Waals surface area (Å²) < 4.78 is 7.10. The van der Waals surface area contributed by atoms with Crippen LogP contribution in [-0.2, 0) is 4.74 Å². The number of rotatable bonds is 4. The molecule has 0 bridgehead atoms. The van der Waals surface area contributed by atoms with Crippen molar-refractivity contribution in [1.82, 2.24) is 0 Å². The summed E-state index contributed by atoms with van der Waals surface area (Å²) in [5, 5.41) is 0. The van der Waals surface area contributed by atoms with E-state index in [4.69, 9.17) is 16.3 Å². The second kappa shape index (κ2) is 8.31. The Morgan fingerprint density at radius 3 is 2.45 bits per heavy atom. The first-order valence-electron chi connectivity index (χ1n) is 3.38. The monoisotopic (exact) mass is 199 g/mol. The van der Waals surface area contributed by atoms with Crippen LogP contribution in [0, 0.1) is 0 Å². The Balaban J connectivity index is 0. The van der Waals surface area contributed by atoms with E-state index in [0.717, 1.165) is 6.42 Å². The Kier molecular flexibility index (Phi) is 10.4. The maximum atomic E-state index is 5.54. The zero-order valence-corrected chi connectivity index (χ0v) is 8.69. The van der Waals surface area contributed by atoms with Crippen molar-refractivity contribution in [3.63, 3.8) is 0 Å². The lowest BCUT2D eigenvalue weighted by Gasteiger charge is -2.00. The van der Waals surface area contributed by atoms with Crippen molar-refractivity contribution in [2.24, 2.45) is 0 Å². The van der Waals surface area contributed by atoms with Crippen molar-refractivity contribution in [3.8, 4) is 0 Å². The molecule has 0 radical (unpaired) electrons. The number of alkyl halides is 1. The highest BCUT2D eigenvalue weighted by Gasteiger charge is 1.93. The third-order valence-electron chi connectivity index (χ3n) is 0.960. The van der Waals surface area contributed by atoms with Crippen LogP contribution in [0.1, 0.15) is 13.3 Å². The zero-order valence-electron chi connectivity index (χ0n) is 7.18. The molecule has 11 heavy (non-hydrogen) atoms. The van der Waals surface area contributed by atoms with Gasteiger partial charge in [-0.3, -0.25) is 0 Å². The molecule has 0 spiro atoms. The molecule has 4 heteroatoms. The fraction of sp³-hybridized carbons (Fsp3) is 0.857. The standard InChI is InChI=1S/C7H15ClNO.ClH/c1-7(8)10-6-4-5-9(2)3;/h5,7H,4,6H2,1-3H3;1H/q+1;/p-1. The molecule has 0 rings (SSSR count). The van der Waals surface area contributed by atoms with Crippen LogP contribution in [0.3, 0.4) is 0 Å². The van der Waals surface area contributed by atoms with Gasteiger partial charge in [0, 0.05) is 6.42 Å². The van der Waals surface area contributed by atoms with Gasteiger partial charge in [-0.1, -0.05) is 11.6 Å². The van der Waals surface area contributed by atoms with E-state index in [2.05, 4.69) is 6.21 Å². The summed E-state index contributed by atoms with van der Waals surface area (Å²) in [4.78, 5) is 0. The Bertz CT molecular complexity index is 111. The Hall–Kier alpha value is 0.210. The summed E-state index contributed by atoms with van der Waals surface area (Å²) >= 11 is 5.54. The van der Waals surface area contributed by atoms with E-state index in [1.165, 1.54) is 0 Å². The highest BCUT2D eigenvalue weighted by Crippen LogP contribution is 1.94. The minimum atomic E-state index is -0.171. The van der Waals surface area contributed by atoms with Gasteiger partial charge in [0.15, 0.2) is 0 Å². The van der Waals surface area contributed by atoms with Gasteiger partial charge in [-0.15, -0.1) is 0 Å². The first-order chi connectivity index (χ1) is 4.63. The minimum absolute atomic E-state index is 0. The van der Waals surface area contributed by atoms with E-state index >= 15 is 0 Å². The number of hydrogen-bond acceptors (Lipinski definition) is 1. The first-order valence-corrected chi connectivity index (χ1v) is 3.82. The van der Waals surface area contributed by atoms with Gasteiger partial charge in [0.2, 0.25) is 0 Å². The van der Waals surface area contributed by atoms with Crippen molar-refractivity contribution in [3.05, 3.63) is 0 Å². The predicted octanol–water partition coefficient (Wildman–Crippen LogP) is -1.68. The molecule has 1 atom stereocenters. The molecule has 2 nitrogen and oxygen atoms in total. The van der Waals surface area contributed by atoms with Crippen molar-refractivity contribution >= 4 is 17.8 Å². The normalized spacial score (nSPS) is 11.6. The van der Waals surface area contributed by atoms with Gasteiger partial charge in [-0.2, -0.15) is 0 Å². The lowest BCUT2D eigenvalue weighted by atomic mass is 10.5. The molecule has 0 heterocycles. The molecular weight excluding hydrogens is 185 g/mol. The average Bonchev–Trinajstić information content (AvgIpc) is 1.79. The minimum Gasteiger partial charge on any atom is -1.00 e. The number of hydrogen-bond donors (Lipinski definition) is 0. The van der Waals surface area contributed by atoms with Gasteiger partial charge >= 0.3 is 0 Å². The molecule has 0 amide bonds. The van der Waals surface area contributed by atoms with E-state index in [9.17, 15) is 0 Å². The van der Waals surface area contributed by atoms with Crippen molar-refractivity contribution < 1.29 is 21.7 Å². The highest BCUT2D eigenvalue weighted by atomic mass is 35.5. The van der Waals surface area contributed by atoms with Gasteiger partial charge in [-0.05, 0) is 6.92 Å². The van der Waals surface area contributed by atoms with Gasteiger partial charge in [0.1, 0.15) is 25.9 Å². The van der Waals surface area contributed by atoms with Crippen LogP contribution in [0.5, 0.6) is 0 Å². The number of ether oxygens (including phenoxy) is 1. The fourth-order valence-electron chi connectivity index (χ4n) is 0.541. The third-order valence-corrected chi connectivity index (χ3v) is 1.09. The summed E-state index contributed by atoms with van der Waals surface area (Å²) in [6.07, 6.45) is 2.98. The molecule has 0 saturated heterocycles. The Morgan fingerprint density at radius 2 is 2.09 bits per heavy atom. The number of halogens is 2. The van der Waals surface area contributed by atoms with Crippen LogP contribution in [0.2, 0.25) is 0 Å². The van der Waals surface area contributed by atoms with Crippen molar-refractivity contribution in [2.45, 2.75) is 18.9 Å². The molecule has 0 aliphatic rings. The van der Waals surface area contributed by atoms with Crippen molar-refractivity contribution in [1.29, 1.82) is 0 Å². The smallest absolute Gasteiger partial charge is 0.141 e. The van der Waals surface area contributed by atoms with Crippen LogP contribution in [0.4, 0.5) is 0 Å². The highest BCUT2D eigenvalue weighted by molar-refractivity contribution is 6.19. The van der Waals surface area contributed by atoms with Crippen molar-refractivity contribution in [2.75, 3.05) is 20.7 Å². The van der Waals surface area contributed by atoms with E-state index in [1.807, 2.05) is 25.6 Å². The molecule has 0 aromatic rings. The molecule has 0 fully saturated rings. The maximum Gasteiger partial charge on any atom is 0.141 e. The van der Waals surface area contributed by atoms with Gasteiger partial charge < -0.3 is 17.1 Å². The van der Waals surface area contributed by atoms with Crippen LogP contribution in [-0.4, -0.2) is 37.1 Å². The van der Waals surface area contributed by atoms with Gasteiger partial charge in [-0.25, -0.2) is 4.58 Å². The van der Waals surface area contributed by atoms with Gasteiger partial charge in [0.25, 0.3) is 0 Å². The van der Waals surface area contributed by atoms with E-state index in [0.29, 0.717) is 6.61 Å². The summed E-state index contributed by atoms with van der Waals surface area (Å²) in [5.41, 5.74) is -0.171. The lowest BCUT2D eigenvalue weighted by Crippen LogP contribution is -3.00. The third kappa shape index (κ3) is 13.2. The molecular formula is C7H15Cl2NO. The summed E-state index contributed by atoms with van der Waals surface area (Å²) in [7, 11) is 3.98. The van der Waals surface area contributed by atoms with E-state index < -0.39 is 0 Å². The van der Waals surface area contributed by atoms with Crippen LogP contribution < -0.4 is 12.4 Å². The Morgan fingerprint density at radius 1 is 1.55 bits per heavy atom. The summed E-state index contributed by atoms with van der Waals surface area (Å²) in [5.74, 6) is 0. The second-order valence-electron chi connectivity index (χ2n) is 2.35. The van der Waals surface area contributed by atoms with E-state index in [1.54, 1.807) is 0 Å².